The van der Waals surface area contributed by atoms with Crippen LogP contribution in [0.5, 0.6) is 5.75 Å². The van der Waals surface area contributed by atoms with Crippen molar-refractivity contribution in [3.05, 3.63) is 29.3 Å². The second kappa shape index (κ2) is 5.29. The highest BCUT2D eigenvalue weighted by Crippen LogP contribution is 2.29. The summed E-state index contributed by atoms with van der Waals surface area (Å²) < 4.78 is 11.3. The van der Waals surface area contributed by atoms with Crippen LogP contribution in [-0.2, 0) is 11.2 Å². The number of ether oxygens (including phenoxy) is 2. The van der Waals surface area contributed by atoms with E-state index >= 15 is 0 Å². The average Bonchev–Trinajstić information content (AvgIpc) is 2.97. The summed E-state index contributed by atoms with van der Waals surface area (Å²) in [4.78, 5) is 0. The quantitative estimate of drug-likeness (QED) is 0.882. The fourth-order valence-corrected chi connectivity index (χ4v) is 2.76. The van der Waals surface area contributed by atoms with Crippen LogP contribution in [0.15, 0.2) is 18.2 Å². The third-order valence-corrected chi connectivity index (χ3v) is 3.79. The van der Waals surface area contributed by atoms with E-state index in [0.717, 1.165) is 38.5 Å². The molecule has 3 heteroatoms. The summed E-state index contributed by atoms with van der Waals surface area (Å²) in [6, 6.07) is 6.44. The molecule has 0 amide bonds. The van der Waals surface area contributed by atoms with Gasteiger partial charge in [0.15, 0.2) is 0 Å². The minimum Gasteiger partial charge on any atom is -0.488 e. The second-order valence-electron chi connectivity index (χ2n) is 5.44. The molecular weight excluding hydrogens is 226 g/mol. The molecule has 18 heavy (non-hydrogen) atoms. The van der Waals surface area contributed by atoms with Crippen LogP contribution in [0.1, 0.15) is 17.5 Å². The highest BCUT2D eigenvalue weighted by molar-refractivity contribution is 5.40. The van der Waals surface area contributed by atoms with E-state index < -0.39 is 0 Å². The lowest BCUT2D eigenvalue weighted by Crippen LogP contribution is -2.33. The minimum atomic E-state index is 0.295. The lowest BCUT2D eigenvalue weighted by Gasteiger charge is -2.14. The molecule has 1 saturated heterocycles. The van der Waals surface area contributed by atoms with Gasteiger partial charge in [-0.15, -0.1) is 0 Å². The Morgan fingerprint density at radius 1 is 1.33 bits per heavy atom. The van der Waals surface area contributed by atoms with Gasteiger partial charge in [-0.3, -0.25) is 0 Å². The Labute approximate surface area is 108 Å². The van der Waals surface area contributed by atoms with Crippen LogP contribution in [-0.4, -0.2) is 32.4 Å². The third kappa shape index (κ3) is 2.68. The average molecular weight is 247 g/mol. The Bertz CT molecular complexity index is 413. The summed E-state index contributed by atoms with van der Waals surface area (Å²) in [6.07, 6.45) is 2.52. The summed E-state index contributed by atoms with van der Waals surface area (Å²) >= 11 is 0. The maximum atomic E-state index is 5.93. The summed E-state index contributed by atoms with van der Waals surface area (Å²) in [5, 5.41) is 3.51. The largest absolute Gasteiger partial charge is 0.488 e. The van der Waals surface area contributed by atoms with Gasteiger partial charge in [-0.1, -0.05) is 17.7 Å². The van der Waals surface area contributed by atoms with Crippen molar-refractivity contribution >= 4 is 0 Å². The predicted molar refractivity (Wildman–Crippen MR) is 71.1 cm³/mol. The van der Waals surface area contributed by atoms with Crippen LogP contribution in [0.25, 0.3) is 0 Å². The molecule has 0 aromatic heterocycles. The molecule has 0 bridgehead atoms. The SMILES string of the molecule is Cc1ccc2c(c1)CC(CNCC1CCOC1)O2. The van der Waals surface area contributed by atoms with Gasteiger partial charge >= 0.3 is 0 Å². The van der Waals surface area contributed by atoms with Gasteiger partial charge < -0.3 is 14.8 Å². The van der Waals surface area contributed by atoms with Crippen molar-refractivity contribution in [1.82, 2.24) is 5.32 Å². The van der Waals surface area contributed by atoms with E-state index in [-0.39, 0.29) is 0 Å². The van der Waals surface area contributed by atoms with Crippen molar-refractivity contribution in [2.45, 2.75) is 25.9 Å². The molecule has 2 aliphatic heterocycles. The van der Waals surface area contributed by atoms with E-state index in [4.69, 9.17) is 9.47 Å². The fraction of sp³-hybridized carbons (Fsp3) is 0.600. The highest BCUT2D eigenvalue weighted by Gasteiger charge is 2.23. The molecule has 0 saturated carbocycles. The van der Waals surface area contributed by atoms with Gasteiger partial charge in [0.25, 0.3) is 0 Å². The van der Waals surface area contributed by atoms with Gasteiger partial charge in [-0.25, -0.2) is 0 Å². The van der Waals surface area contributed by atoms with Crippen LogP contribution in [0.3, 0.4) is 0 Å². The Morgan fingerprint density at radius 2 is 2.28 bits per heavy atom. The molecular formula is C15H21NO2. The molecule has 98 valence electrons. The lowest BCUT2D eigenvalue weighted by atomic mass is 10.1. The van der Waals surface area contributed by atoms with E-state index in [2.05, 4.69) is 30.4 Å². The van der Waals surface area contributed by atoms with Crippen molar-refractivity contribution in [3.63, 3.8) is 0 Å². The number of nitrogens with one attached hydrogen (secondary N) is 1. The first kappa shape index (κ1) is 12.0. The minimum absolute atomic E-state index is 0.295. The first-order valence-electron chi connectivity index (χ1n) is 6.86. The first-order valence-corrected chi connectivity index (χ1v) is 6.86. The Morgan fingerprint density at radius 3 is 3.11 bits per heavy atom. The van der Waals surface area contributed by atoms with Crippen LogP contribution in [0.4, 0.5) is 0 Å². The van der Waals surface area contributed by atoms with E-state index in [1.165, 1.54) is 17.5 Å². The van der Waals surface area contributed by atoms with Gasteiger partial charge in [0.05, 0.1) is 6.61 Å². The van der Waals surface area contributed by atoms with E-state index in [9.17, 15) is 0 Å². The molecule has 2 unspecified atom stereocenters. The summed E-state index contributed by atoms with van der Waals surface area (Å²) in [6.45, 7) is 5.96. The number of rotatable bonds is 4. The maximum absolute atomic E-state index is 5.93. The van der Waals surface area contributed by atoms with Crippen molar-refractivity contribution in [2.24, 2.45) is 5.92 Å². The fourth-order valence-electron chi connectivity index (χ4n) is 2.76. The van der Waals surface area contributed by atoms with Crippen LogP contribution >= 0.6 is 0 Å². The molecule has 1 fully saturated rings. The molecule has 0 spiro atoms. The highest BCUT2D eigenvalue weighted by atomic mass is 16.5. The standard InChI is InChI=1S/C15H21NO2/c1-11-2-3-15-13(6-11)7-14(18-15)9-16-8-12-4-5-17-10-12/h2-3,6,12,14,16H,4-5,7-10H2,1H3. The van der Waals surface area contributed by atoms with E-state index in [0.29, 0.717) is 12.0 Å². The number of aryl methyl sites for hydroxylation is 1. The molecule has 0 aliphatic carbocycles. The number of fused-ring (bicyclic) bond motifs is 1. The van der Waals surface area contributed by atoms with Crippen molar-refractivity contribution in [1.29, 1.82) is 0 Å². The molecule has 1 aromatic rings. The number of benzene rings is 1. The van der Waals surface area contributed by atoms with Gasteiger partial charge in [0.1, 0.15) is 11.9 Å². The summed E-state index contributed by atoms with van der Waals surface area (Å²) in [5.41, 5.74) is 2.67. The summed E-state index contributed by atoms with van der Waals surface area (Å²) in [5.74, 6) is 1.76. The number of hydrogen-bond donors (Lipinski definition) is 1. The second-order valence-corrected chi connectivity index (χ2v) is 5.44. The monoisotopic (exact) mass is 247 g/mol. The molecule has 3 rings (SSSR count). The first-order chi connectivity index (χ1) is 8.81. The lowest BCUT2D eigenvalue weighted by molar-refractivity contribution is 0.182. The maximum Gasteiger partial charge on any atom is 0.123 e. The van der Waals surface area contributed by atoms with Crippen LogP contribution < -0.4 is 10.1 Å². The zero-order valence-corrected chi connectivity index (χ0v) is 10.9. The zero-order chi connectivity index (χ0) is 12.4. The Kier molecular flexibility index (Phi) is 3.52. The normalized spacial score (nSPS) is 26.1. The van der Waals surface area contributed by atoms with E-state index in [1.807, 2.05) is 0 Å². The van der Waals surface area contributed by atoms with Crippen LogP contribution in [0.2, 0.25) is 0 Å². The molecule has 0 radical (unpaired) electrons. The molecule has 2 heterocycles. The molecule has 1 aromatic carbocycles. The molecule has 1 N–H and O–H groups in total. The van der Waals surface area contributed by atoms with Crippen molar-refractivity contribution in [3.8, 4) is 5.75 Å². The van der Waals surface area contributed by atoms with Crippen molar-refractivity contribution < 1.29 is 9.47 Å². The Hall–Kier alpha value is -1.06. The van der Waals surface area contributed by atoms with Gasteiger partial charge in [0, 0.05) is 26.1 Å². The molecule has 2 aliphatic rings. The summed E-state index contributed by atoms with van der Waals surface area (Å²) in [7, 11) is 0. The van der Waals surface area contributed by atoms with Gasteiger partial charge in [-0.2, -0.15) is 0 Å². The van der Waals surface area contributed by atoms with Gasteiger partial charge in [-0.05, 0) is 30.9 Å². The van der Waals surface area contributed by atoms with Crippen LogP contribution in [0, 0.1) is 12.8 Å². The smallest absolute Gasteiger partial charge is 0.123 e. The van der Waals surface area contributed by atoms with Gasteiger partial charge in [0.2, 0.25) is 0 Å². The molecule has 3 nitrogen and oxygen atoms in total. The topological polar surface area (TPSA) is 30.5 Å². The predicted octanol–water partition coefficient (Wildman–Crippen LogP) is 1.92. The van der Waals surface area contributed by atoms with Crippen molar-refractivity contribution in [2.75, 3.05) is 26.3 Å². The molecule has 2 atom stereocenters. The third-order valence-electron chi connectivity index (χ3n) is 3.79. The zero-order valence-electron chi connectivity index (χ0n) is 10.9. The number of hydrogen-bond acceptors (Lipinski definition) is 3. The Balaban J connectivity index is 1.46. The van der Waals surface area contributed by atoms with E-state index in [1.54, 1.807) is 0 Å².